The highest BCUT2D eigenvalue weighted by atomic mass is 79.9. The van der Waals surface area contributed by atoms with Crippen molar-refractivity contribution in [3.8, 4) is 0 Å². The zero-order valence-electron chi connectivity index (χ0n) is 10.4. The number of nitrogens with one attached hydrogen (secondary N) is 1. The minimum Gasteiger partial charge on any atom is -0.398 e. The summed E-state index contributed by atoms with van der Waals surface area (Å²) in [5.41, 5.74) is 6.93. The highest BCUT2D eigenvalue weighted by Crippen LogP contribution is 2.24. The number of benzene rings is 1. The third kappa shape index (κ3) is 3.46. The average molecular weight is 312 g/mol. The Morgan fingerprint density at radius 3 is 2.89 bits per heavy atom. The molecule has 4 nitrogen and oxygen atoms in total. The van der Waals surface area contributed by atoms with Crippen LogP contribution in [0.2, 0.25) is 0 Å². The summed E-state index contributed by atoms with van der Waals surface area (Å²) < 4.78 is 0.813. The summed E-state index contributed by atoms with van der Waals surface area (Å²) in [5.74, 6) is -0.0709. The number of likely N-dealkylation sites (N-methyl/N-ethyl adjacent to an activating group) is 1. The maximum Gasteiger partial charge on any atom is 0.251 e. The molecule has 0 saturated heterocycles. The molecule has 18 heavy (non-hydrogen) atoms. The Kier molecular flexibility index (Phi) is 4.24. The van der Waals surface area contributed by atoms with Crippen molar-refractivity contribution in [3.63, 3.8) is 0 Å². The van der Waals surface area contributed by atoms with Gasteiger partial charge in [-0.05, 0) is 54.0 Å². The molecule has 0 radical (unpaired) electrons. The number of nitrogen functional groups attached to an aromatic ring is 1. The second-order valence-corrected chi connectivity index (χ2v) is 5.56. The van der Waals surface area contributed by atoms with Gasteiger partial charge in [-0.3, -0.25) is 4.79 Å². The van der Waals surface area contributed by atoms with Crippen LogP contribution in [0.1, 0.15) is 23.2 Å². The van der Waals surface area contributed by atoms with Crippen molar-refractivity contribution in [1.82, 2.24) is 10.2 Å². The van der Waals surface area contributed by atoms with Crippen molar-refractivity contribution in [1.29, 1.82) is 0 Å². The minimum atomic E-state index is -0.0709. The molecule has 2 rings (SSSR count). The lowest BCUT2D eigenvalue weighted by Gasteiger charge is -2.15. The molecule has 98 valence electrons. The predicted molar refractivity (Wildman–Crippen MR) is 76.5 cm³/mol. The molecular formula is C13H18BrN3O. The molecule has 1 aliphatic rings. The average Bonchev–Trinajstić information content (AvgIpc) is 3.16. The summed E-state index contributed by atoms with van der Waals surface area (Å²) >= 11 is 3.31. The first-order valence-corrected chi connectivity index (χ1v) is 6.90. The van der Waals surface area contributed by atoms with Crippen molar-refractivity contribution in [2.75, 3.05) is 25.9 Å². The predicted octanol–water partition coefficient (Wildman–Crippen LogP) is 1.86. The van der Waals surface area contributed by atoms with E-state index in [0.717, 1.165) is 17.1 Å². The first-order valence-electron chi connectivity index (χ1n) is 6.11. The lowest BCUT2D eigenvalue weighted by molar-refractivity contribution is 0.0949. The van der Waals surface area contributed by atoms with Gasteiger partial charge in [0.1, 0.15) is 0 Å². The zero-order chi connectivity index (χ0) is 13.1. The fourth-order valence-corrected chi connectivity index (χ4v) is 2.08. The number of anilines is 1. The van der Waals surface area contributed by atoms with Crippen LogP contribution in [0.15, 0.2) is 22.7 Å². The molecule has 5 heteroatoms. The standard InChI is InChI=1S/C13H18BrN3O/c1-17(10-3-4-10)7-6-16-13(18)9-2-5-11(14)12(15)8-9/h2,5,8,10H,3-4,6-7,15H2,1H3,(H,16,18). The summed E-state index contributed by atoms with van der Waals surface area (Å²) in [5, 5.41) is 2.91. The van der Waals surface area contributed by atoms with Crippen LogP contribution in [-0.2, 0) is 0 Å². The lowest BCUT2D eigenvalue weighted by atomic mass is 10.2. The quantitative estimate of drug-likeness (QED) is 0.816. The third-order valence-corrected chi connectivity index (χ3v) is 3.90. The van der Waals surface area contributed by atoms with Gasteiger partial charge in [0.15, 0.2) is 0 Å². The Morgan fingerprint density at radius 1 is 1.56 bits per heavy atom. The lowest BCUT2D eigenvalue weighted by Crippen LogP contribution is -2.33. The molecule has 1 aromatic carbocycles. The maximum absolute atomic E-state index is 11.9. The van der Waals surface area contributed by atoms with Crippen LogP contribution in [0.5, 0.6) is 0 Å². The zero-order valence-corrected chi connectivity index (χ0v) is 12.0. The van der Waals surface area contributed by atoms with Crippen molar-refractivity contribution in [3.05, 3.63) is 28.2 Å². The summed E-state index contributed by atoms with van der Waals surface area (Å²) in [7, 11) is 2.10. The normalized spacial score (nSPS) is 14.8. The number of hydrogen-bond donors (Lipinski definition) is 2. The van der Waals surface area contributed by atoms with Gasteiger partial charge in [0.2, 0.25) is 0 Å². The van der Waals surface area contributed by atoms with Gasteiger partial charge in [-0.25, -0.2) is 0 Å². The Morgan fingerprint density at radius 2 is 2.28 bits per heavy atom. The molecule has 0 atom stereocenters. The number of carbonyl (C=O) groups excluding carboxylic acids is 1. The van der Waals surface area contributed by atoms with Gasteiger partial charge in [-0.2, -0.15) is 0 Å². The van der Waals surface area contributed by atoms with Crippen LogP contribution in [0.4, 0.5) is 5.69 Å². The molecule has 0 heterocycles. The molecule has 1 saturated carbocycles. The van der Waals surface area contributed by atoms with Crippen molar-refractivity contribution < 1.29 is 4.79 Å². The Hall–Kier alpha value is -1.07. The molecular weight excluding hydrogens is 294 g/mol. The monoisotopic (exact) mass is 311 g/mol. The fourth-order valence-electron chi connectivity index (χ4n) is 1.83. The van der Waals surface area contributed by atoms with E-state index in [0.29, 0.717) is 17.8 Å². The van der Waals surface area contributed by atoms with Crippen molar-refractivity contribution >= 4 is 27.5 Å². The molecule has 1 aliphatic carbocycles. The van der Waals surface area contributed by atoms with Crippen LogP contribution < -0.4 is 11.1 Å². The van der Waals surface area contributed by atoms with E-state index in [4.69, 9.17) is 5.73 Å². The molecule has 1 fully saturated rings. The van der Waals surface area contributed by atoms with Crippen LogP contribution in [0, 0.1) is 0 Å². The molecule has 0 bridgehead atoms. The number of amides is 1. The summed E-state index contributed by atoms with van der Waals surface area (Å²) in [6.45, 7) is 1.56. The number of carbonyl (C=O) groups is 1. The van der Waals surface area contributed by atoms with Crippen LogP contribution in [-0.4, -0.2) is 37.0 Å². The van der Waals surface area contributed by atoms with E-state index in [2.05, 4.69) is 33.2 Å². The Bertz CT molecular complexity index is 446. The van der Waals surface area contributed by atoms with Gasteiger partial charge in [-0.1, -0.05) is 0 Å². The number of halogens is 1. The SMILES string of the molecule is CN(CCNC(=O)c1ccc(Br)c(N)c1)C1CC1. The van der Waals surface area contributed by atoms with Gasteiger partial charge in [0.05, 0.1) is 0 Å². The summed E-state index contributed by atoms with van der Waals surface area (Å²) in [6, 6.07) is 5.97. The highest BCUT2D eigenvalue weighted by Gasteiger charge is 2.25. The maximum atomic E-state index is 11.9. The molecule has 3 N–H and O–H groups in total. The summed E-state index contributed by atoms with van der Waals surface area (Å²) in [6.07, 6.45) is 2.57. The van der Waals surface area contributed by atoms with E-state index in [1.165, 1.54) is 12.8 Å². The number of rotatable bonds is 5. The van der Waals surface area contributed by atoms with Crippen LogP contribution in [0.3, 0.4) is 0 Å². The third-order valence-electron chi connectivity index (χ3n) is 3.18. The second kappa shape index (κ2) is 5.71. The van der Waals surface area contributed by atoms with E-state index in [9.17, 15) is 4.79 Å². The van der Waals surface area contributed by atoms with Gasteiger partial charge in [0, 0.05) is 34.9 Å². The fraction of sp³-hybridized carbons (Fsp3) is 0.462. The number of hydrogen-bond acceptors (Lipinski definition) is 3. The first-order chi connectivity index (χ1) is 8.58. The van der Waals surface area contributed by atoms with Gasteiger partial charge < -0.3 is 16.0 Å². The van der Waals surface area contributed by atoms with E-state index >= 15 is 0 Å². The Labute approximate surface area is 116 Å². The molecule has 0 aliphatic heterocycles. The van der Waals surface area contributed by atoms with Crippen molar-refractivity contribution in [2.24, 2.45) is 0 Å². The molecule has 0 unspecified atom stereocenters. The van der Waals surface area contributed by atoms with Crippen LogP contribution >= 0.6 is 15.9 Å². The summed E-state index contributed by atoms with van der Waals surface area (Å²) in [4.78, 5) is 14.2. The van der Waals surface area contributed by atoms with Crippen molar-refractivity contribution in [2.45, 2.75) is 18.9 Å². The number of nitrogens with zero attached hydrogens (tertiary/aromatic N) is 1. The van der Waals surface area contributed by atoms with Crippen LogP contribution in [0.25, 0.3) is 0 Å². The topological polar surface area (TPSA) is 58.4 Å². The molecule has 0 aromatic heterocycles. The molecule has 1 amide bonds. The molecule has 0 spiro atoms. The van der Waals surface area contributed by atoms with E-state index in [-0.39, 0.29) is 5.91 Å². The van der Waals surface area contributed by atoms with E-state index in [1.807, 2.05) is 0 Å². The largest absolute Gasteiger partial charge is 0.398 e. The highest BCUT2D eigenvalue weighted by molar-refractivity contribution is 9.10. The van der Waals surface area contributed by atoms with Gasteiger partial charge in [-0.15, -0.1) is 0 Å². The second-order valence-electron chi connectivity index (χ2n) is 4.70. The smallest absolute Gasteiger partial charge is 0.251 e. The minimum absolute atomic E-state index is 0.0709. The van der Waals surface area contributed by atoms with Gasteiger partial charge in [0.25, 0.3) is 5.91 Å². The molecule has 1 aromatic rings. The van der Waals surface area contributed by atoms with E-state index in [1.54, 1.807) is 18.2 Å². The van der Waals surface area contributed by atoms with E-state index < -0.39 is 0 Å². The van der Waals surface area contributed by atoms with Gasteiger partial charge >= 0.3 is 0 Å². The first kappa shape index (κ1) is 13.4. The number of nitrogens with two attached hydrogens (primary N) is 1. The Balaban J connectivity index is 1.81.